The van der Waals surface area contributed by atoms with Gasteiger partial charge in [-0.1, -0.05) is 18.2 Å². The van der Waals surface area contributed by atoms with Crippen molar-refractivity contribution >= 4 is 6.08 Å². The molecule has 1 aromatic rings. The average molecular weight is 233 g/mol. The summed E-state index contributed by atoms with van der Waals surface area (Å²) in [6, 6.07) is 4.27. The summed E-state index contributed by atoms with van der Waals surface area (Å²) in [6.45, 7) is -0.656. The number of rotatable bonds is 3. The normalized spacial score (nSPS) is 13.0. The quantitative estimate of drug-likeness (QED) is 0.448. The second-order valence-corrected chi connectivity index (χ2v) is 2.98. The van der Waals surface area contributed by atoms with E-state index in [4.69, 9.17) is 0 Å². The van der Waals surface area contributed by atoms with Crippen LogP contribution in [0.5, 0.6) is 0 Å². The zero-order valence-corrected chi connectivity index (χ0v) is 7.96. The molecular weight excluding hydrogens is 226 g/mol. The van der Waals surface area contributed by atoms with Crippen LogP contribution in [0.15, 0.2) is 29.3 Å². The highest BCUT2D eigenvalue weighted by molar-refractivity contribution is 5.35. The van der Waals surface area contributed by atoms with E-state index < -0.39 is 30.0 Å². The molecule has 0 saturated heterocycles. The van der Waals surface area contributed by atoms with Crippen LogP contribution < -0.4 is 0 Å². The molecule has 0 bridgehead atoms. The van der Waals surface area contributed by atoms with Crippen molar-refractivity contribution in [1.82, 2.24) is 0 Å². The third kappa shape index (κ3) is 2.90. The Morgan fingerprint density at radius 3 is 2.50 bits per heavy atom. The number of isocyanates is 1. The van der Waals surface area contributed by atoms with Gasteiger partial charge in [0.2, 0.25) is 6.08 Å². The fourth-order valence-electron chi connectivity index (χ4n) is 1.24. The first-order valence-corrected chi connectivity index (χ1v) is 4.30. The van der Waals surface area contributed by atoms with Crippen molar-refractivity contribution in [3.63, 3.8) is 0 Å². The summed E-state index contributed by atoms with van der Waals surface area (Å²) < 4.78 is 50.7. The van der Waals surface area contributed by atoms with Crippen LogP contribution in [0.4, 0.5) is 17.6 Å². The van der Waals surface area contributed by atoms with Crippen molar-refractivity contribution < 1.29 is 22.4 Å². The van der Waals surface area contributed by atoms with Gasteiger partial charge in [-0.3, -0.25) is 0 Å². The molecular formula is C10H7F4NO. The van der Waals surface area contributed by atoms with Crippen molar-refractivity contribution in [2.24, 2.45) is 4.99 Å². The second-order valence-electron chi connectivity index (χ2n) is 2.98. The Hall–Kier alpha value is -1.68. The van der Waals surface area contributed by atoms with E-state index in [9.17, 15) is 22.4 Å². The van der Waals surface area contributed by atoms with E-state index in [1.54, 1.807) is 0 Å². The lowest BCUT2D eigenvalue weighted by atomic mass is 10.0. The maximum absolute atomic E-state index is 13.3. The molecule has 0 spiro atoms. The maximum Gasteiger partial charge on any atom is 0.416 e. The summed E-state index contributed by atoms with van der Waals surface area (Å²) in [6.07, 6.45) is -5.50. The van der Waals surface area contributed by atoms with Crippen molar-refractivity contribution in [2.75, 3.05) is 6.54 Å². The summed E-state index contributed by atoms with van der Waals surface area (Å²) in [7, 11) is 0. The van der Waals surface area contributed by atoms with Crippen LogP contribution in [0.2, 0.25) is 0 Å². The predicted molar refractivity (Wildman–Crippen MR) is 48.3 cm³/mol. The molecule has 0 aromatic heterocycles. The summed E-state index contributed by atoms with van der Waals surface area (Å²) in [4.78, 5) is 12.7. The third-order valence-corrected chi connectivity index (χ3v) is 1.92. The Labute approximate surface area is 88.6 Å². The van der Waals surface area contributed by atoms with E-state index in [1.165, 1.54) is 12.1 Å². The molecule has 0 saturated carbocycles. The highest BCUT2D eigenvalue weighted by Gasteiger charge is 2.34. The van der Waals surface area contributed by atoms with E-state index in [0.29, 0.717) is 0 Å². The molecule has 1 atom stereocenters. The largest absolute Gasteiger partial charge is 0.416 e. The van der Waals surface area contributed by atoms with E-state index in [2.05, 4.69) is 4.99 Å². The lowest BCUT2D eigenvalue weighted by Crippen LogP contribution is -2.11. The Morgan fingerprint density at radius 1 is 1.31 bits per heavy atom. The van der Waals surface area contributed by atoms with Crippen molar-refractivity contribution in [2.45, 2.75) is 12.3 Å². The molecule has 0 N–H and O–H groups in total. The Balaban J connectivity index is 3.08. The first-order chi connectivity index (χ1) is 7.46. The number of benzene rings is 1. The number of halogens is 4. The molecule has 1 aromatic carbocycles. The average Bonchev–Trinajstić information content (AvgIpc) is 2.24. The van der Waals surface area contributed by atoms with Gasteiger partial charge in [0.05, 0.1) is 12.1 Å². The first kappa shape index (κ1) is 12.4. The molecule has 0 aliphatic rings. The molecule has 86 valence electrons. The Kier molecular flexibility index (Phi) is 3.79. The molecule has 6 heteroatoms. The molecule has 1 rings (SSSR count). The monoisotopic (exact) mass is 233 g/mol. The standard InChI is InChI=1S/C10H7F4NO/c11-9(5-15-6-16)7-3-1-2-4-8(7)10(12,13)14/h1-4,9H,5H2. The van der Waals surface area contributed by atoms with Crippen LogP contribution in [0.1, 0.15) is 17.3 Å². The van der Waals surface area contributed by atoms with Crippen molar-refractivity contribution in [3.8, 4) is 0 Å². The predicted octanol–water partition coefficient (Wildman–Crippen LogP) is 3.05. The lowest BCUT2D eigenvalue weighted by molar-refractivity contribution is -0.138. The third-order valence-electron chi connectivity index (χ3n) is 1.92. The van der Waals surface area contributed by atoms with E-state index >= 15 is 0 Å². The van der Waals surface area contributed by atoms with Gasteiger partial charge in [-0.2, -0.15) is 13.2 Å². The zero-order chi connectivity index (χ0) is 12.2. The Bertz CT molecular complexity index is 410. The summed E-state index contributed by atoms with van der Waals surface area (Å²) >= 11 is 0. The van der Waals surface area contributed by atoms with Gasteiger partial charge >= 0.3 is 6.18 Å². The number of aliphatic imine (C=N–C) groups is 1. The minimum absolute atomic E-state index is 0.519. The molecule has 0 aliphatic carbocycles. The molecule has 0 radical (unpaired) electrons. The fraction of sp³-hybridized carbons (Fsp3) is 0.300. The highest BCUT2D eigenvalue weighted by Crippen LogP contribution is 2.35. The topological polar surface area (TPSA) is 29.4 Å². The van der Waals surface area contributed by atoms with Gasteiger partial charge in [0, 0.05) is 5.56 Å². The highest BCUT2D eigenvalue weighted by atomic mass is 19.4. The van der Waals surface area contributed by atoms with E-state index in [0.717, 1.165) is 18.2 Å². The van der Waals surface area contributed by atoms with Gasteiger partial charge in [0.25, 0.3) is 0 Å². The van der Waals surface area contributed by atoms with Crippen LogP contribution in [0, 0.1) is 0 Å². The fourth-order valence-corrected chi connectivity index (χ4v) is 1.24. The molecule has 0 heterocycles. The molecule has 1 unspecified atom stereocenters. The molecule has 0 aliphatic heterocycles. The van der Waals surface area contributed by atoms with Crippen LogP contribution in [-0.2, 0) is 11.0 Å². The van der Waals surface area contributed by atoms with Crippen LogP contribution in [-0.4, -0.2) is 12.6 Å². The van der Waals surface area contributed by atoms with Crippen molar-refractivity contribution in [3.05, 3.63) is 35.4 Å². The number of carbonyl (C=O) groups excluding carboxylic acids is 1. The van der Waals surface area contributed by atoms with Gasteiger partial charge in [0.15, 0.2) is 0 Å². The molecule has 0 amide bonds. The van der Waals surface area contributed by atoms with Crippen LogP contribution >= 0.6 is 0 Å². The number of alkyl halides is 4. The van der Waals surface area contributed by atoms with Gasteiger partial charge in [0.1, 0.15) is 6.17 Å². The van der Waals surface area contributed by atoms with Crippen molar-refractivity contribution in [1.29, 1.82) is 0 Å². The first-order valence-electron chi connectivity index (χ1n) is 4.30. The number of nitrogens with zero attached hydrogens (tertiary/aromatic N) is 1. The molecule has 0 fully saturated rings. The van der Waals surface area contributed by atoms with Gasteiger partial charge in [-0.05, 0) is 6.07 Å². The van der Waals surface area contributed by atoms with Gasteiger partial charge < -0.3 is 0 Å². The number of hydrogen-bond donors (Lipinski definition) is 0. The molecule has 2 nitrogen and oxygen atoms in total. The van der Waals surface area contributed by atoms with Gasteiger partial charge in [-0.15, -0.1) is 0 Å². The SMILES string of the molecule is O=C=NCC(F)c1ccccc1C(F)(F)F. The van der Waals surface area contributed by atoms with Gasteiger partial charge in [-0.25, -0.2) is 14.2 Å². The summed E-state index contributed by atoms with van der Waals surface area (Å²) in [5, 5.41) is 0. The zero-order valence-electron chi connectivity index (χ0n) is 7.96. The Morgan fingerprint density at radius 2 is 1.94 bits per heavy atom. The lowest BCUT2D eigenvalue weighted by Gasteiger charge is -2.14. The van der Waals surface area contributed by atoms with Crippen LogP contribution in [0.25, 0.3) is 0 Å². The minimum Gasteiger partial charge on any atom is -0.240 e. The smallest absolute Gasteiger partial charge is 0.240 e. The second kappa shape index (κ2) is 4.90. The van der Waals surface area contributed by atoms with E-state index in [1.807, 2.05) is 0 Å². The maximum atomic E-state index is 13.3. The van der Waals surface area contributed by atoms with Crippen LogP contribution in [0.3, 0.4) is 0 Å². The van der Waals surface area contributed by atoms with E-state index in [-0.39, 0.29) is 0 Å². The molecule has 16 heavy (non-hydrogen) atoms. The summed E-state index contributed by atoms with van der Waals surface area (Å²) in [5.74, 6) is 0. The minimum atomic E-state index is -4.62. The summed E-state index contributed by atoms with van der Waals surface area (Å²) in [5.41, 5.74) is -1.57. The number of hydrogen-bond acceptors (Lipinski definition) is 2.